The normalized spacial score (nSPS) is 10.8. The van der Waals surface area contributed by atoms with Gasteiger partial charge in [-0.25, -0.2) is 4.39 Å². The highest BCUT2D eigenvalue weighted by Crippen LogP contribution is 2.18. The Bertz CT molecular complexity index is 806. The van der Waals surface area contributed by atoms with E-state index in [1.807, 2.05) is 32.0 Å². The van der Waals surface area contributed by atoms with E-state index in [1.165, 1.54) is 24.4 Å². The van der Waals surface area contributed by atoms with E-state index in [0.717, 1.165) is 11.1 Å². The Labute approximate surface area is 134 Å². The summed E-state index contributed by atoms with van der Waals surface area (Å²) in [6, 6.07) is 13.1. The average Bonchev–Trinajstić information content (AvgIpc) is 2.52. The van der Waals surface area contributed by atoms with Crippen LogP contribution in [-0.2, 0) is 4.79 Å². The zero-order chi connectivity index (χ0) is 16.8. The van der Waals surface area contributed by atoms with E-state index in [9.17, 15) is 9.18 Å². The summed E-state index contributed by atoms with van der Waals surface area (Å²) in [6.07, 6.45) is 1.26. The number of carbonyl (C=O) groups is 1. The molecule has 2 N–H and O–H groups in total. The fourth-order valence-electron chi connectivity index (χ4n) is 1.96. The molecule has 0 spiro atoms. The molecule has 0 atom stereocenters. The quantitative estimate of drug-likeness (QED) is 0.665. The number of anilines is 2. The number of aryl methyl sites for hydroxylation is 1. The third-order valence-electron chi connectivity index (χ3n) is 3.43. The first-order chi connectivity index (χ1) is 11.0. The first-order valence-corrected chi connectivity index (χ1v) is 7.01. The predicted octanol–water partition coefficient (Wildman–Crippen LogP) is 3.90. The number of nitriles is 1. The van der Waals surface area contributed by atoms with Crippen LogP contribution in [0.25, 0.3) is 0 Å². The zero-order valence-corrected chi connectivity index (χ0v) is 12.9. The van der Waals surface area contributed by atoms with Gasteiger partial charge in [0.15, 0.2) is 0 Å². The number of benzene rings is 2. The van der Waals surface area contributed by atoms with Gasteiger partial charge in [0.2, 0.25) is 0 Å². The van der Waals surface area contributed by atoms with Crippen molar-refractivity contribution in [3.63, 3.8) is 0 Å². The lowest BCUT2D eigenvalue weighted by Gasteiger charge is -2.10. The summed E-state index contributed by atoms with van der Waals surface area (Å²) >= 11 is 0. The maximum absolute atomic E-state index is 13.1. The zero-order valence-electron chi connectivity index (χ0n) is 12.9. The number of amides is 1. The number of hydrogen-bond donors (Lipinski definition) is 2. The molecule has 2 aromatic rings. The molecule has 0 saturated heterocycles. The Morgan fingerprint density at radius 3 is 2.65 bits per heavy atom. The predicted molar refractivity (Wildman–Crippen MR) is 88.3 cm³/mol. The molecule has 1 amide bonds. The maximum atomic E-state index is 13.1. The Morgan fingerprint density at radius 1 is 1.22 bits per heavy atom. The van der Waals surface area contributed by atoms with E-state index in [4.69, 9.17) is 5.26 Å². The molecule has 0 aliphatic rings. The van der Waals surface area contributed by atoms with E-state index in [-0.39, 0.29) is 5.57 Å². The number of halogens is 1. The molecule has 116 valence electrons. The number of rotatable bonds is 4. The highest BCUT2D eigenvalue weighted by atomic mass is 19.1. The summed E-state index contributed by atoms with van der Waals surface area (Å²) in [5.74, 6) is -0.924. The molecule has 4 nitrogen and oxygen atoms in total. The Balaban J connectivity index is 2.14. The van der Waals surface area contributed by atoms with Gasteiger partial charge in [0.1, 0.15) is 17.5 Å². The van der Waals surface area contributed by atoms with Gasteiger partial charge in [0, 0.05) is 17.6 Å². The second-order valence-electron chi connectivity index (χ2n) is 5.03. The SMILES string of the molecule is Cc1cccc(NC(=O)/C(C#N)=C\Nc2cccc(F)c2)c1C. The van der Waals surface area contributed by atoms with Gasteiger partial charge in [-0.2, -0.15) is 5.26 Å². The van der Waals surface area contributed by atoms with Crippen LogP contribution >= 0.6 is 0 Å². The average molecular weight is 309 g/mol. The standard InChI is InChI=1S/C18H16FN3O/c1-12-5-3-8-17(13(12)2)22-18(23)14(10-20)11-21-16-7-4-6-15(19)9-16/h3-9,11,21H,1-2H3,(H,22,23)/b14-11-. The van der Waals surface area contributed by atoms with Crippen LogP contribution in [0.4, 0.5) is 15.8 Å². The molecule has 0 aliphatic heterocycles. The van der Waals surface area contributed by atoms with Crippen molar-refractivity contribution in [1.29, 1.82) is 5.26 Å². The monoisotopic (exact) mass is 309 g/mol. The van der Waals surface area contributed by atoms with Crippen molar-refractivity contribution in [3.8, 4) is 6.07 Å². The minimum atomic E-state index is -0.523. The maximum Gasteiger partial charge on any atom is 0.267 e. The second-order valence-corrected chi connectivity index (χ2v) is 5.03. The second kappa shape index (κ2) is 7.23. The van der Waals surface area contributed by atoms with E-state index in [0.29, 0.717) is 11.4 Å². The minimum Gasteiger partial charge on any atom is -0.360 e. The van der Waals surface area contributed by atoms with Gasteiger partial charge in [-0.05, 0) is 49.2 Å². The molecule has 5 heteroatoms. The summed E-state index contributed by atoms with van der Waals surface area (Å²) < 4.78 is 13.1. The lowest BCUT2D eigenvalue weighted by molar-refractivity contribution is -0.112. The summed E-state index contributed by atoms with van der Waals surface area (Å²) in [7, 11) is 0. The van der Waals surface area contributed by atoms with E-state index in [1.54, 1.807) is 12.1 Å². The van der Waals surface area contributed by atoms with Crippen molar-refractivity contribution < 1.29 is 9.18 Å². The third-order valence-corrected chi connectivity index (χ3v) is 3.43. The molecular weight excluding hydrogens is 293 g/mol. The van der Waals surface area contributed by atoms with Crippen LogP contribution in [-0.4, -0.2) is 5.91 Å². The molecule has 0 radical (unpaired) electrons. The fourth-order valence-corrected chi connectivity index (χ4v) is 1.96. The molecule has 0 unspecified atom stereocenters. The molecule has 0 aliphatic carbocycles. The first kappa shape index (κ1) is 16.2. The molecule has 0 saturated carbocycles. The highest BCUT2D eigenvalue weighted by molar-refractivity contribution is 6.07. The van der Waals surface area contributed by atoms with Crippen molar-refractivity contribution in [3.05, 3.63) is 71.2 Å². The number of carbonyl (C=O) groups excluding carboxylic acids is 1. The van der Waals surface area contributed by atoms with Crippen molar-refractivity contribution in [2.45, 2.75) is 13.8 Å². The van der Waals surface area contributed by atoms with E-state index >= 15 is 0 Å². The molecular formula is C18H16FN3O. The number of nitrogens with zero attached hydrogens (tertiary/aromatic N) is 1. The van der Waals surface area contributed by atoms with Crippen LogP contribution in [0.15, 0.2) is 54.2 Å². The summed E-state index contributed by atoms with van der Waals surface area (Å²) in [6.45, 7) is 3.84. The molecule has 0 fully saturated rings. The largest absolute Gasteiger partial charge is 0.360 e. The molecule has 23 heavy (non-hydrogen) atoms. The smallest absolute Gasteiger partial charge is 0.267 e. The van der Waals surface area contributed by atoms with Crippen LogP contribution in [0, 0.1) is 31.0 Å². The van der Waals surface area contributed by atoms with Gasteiger partial charge in [-0.1, -0.05) is 18.2 Å². The van der Waals surface area contributed by atoms with Gasteiger partial charge in [0.05, 0.1) is 0 Å². The summed E-state index contributed by atoms with van der Waals surface area (Å²) in [5, 5.41) is 14.6. The molecule has 0 bridgehead atoms. The van der Waals surface area contributed by atoms with Crippen LogP contribution < -0.4 is 10.6 Å². The minimum absolute atomic E-state index is 0.102. The Kier molecular flexibility index (Phi) is 5.11. The third kappa shape index (κ3) is 4.17. The van der Waals surface area contributed by atoms with Gasteiger partial charge in [-0.3, -0.25) is 4.79 Å². The summed E-state index contributed by atoms with van der Waals surface area (Å²) in [4.78, 5) is 12.2. The van der Waals surface area contributed by atoms with Gasteiger partial charge < -0.3 is 10.6 Å². The number of nitrogens with one attached hydrogen (secondary N) is 2. The number of hydrogen-bond acceptors (Lipinski definition) is 3. The Hall–Kier alpha value is -3.13. The fraction of sp³-hybridized carbons (Fsp3) is 0.111. The van der Waals surface area contributed by atoms with E-state index < -0.39 is 11.7 Å². The summed E-state index contributed by atoms with van der Waals surface area (Å²) in [5.41, 5.74) is 2.99. The topological polar surface area (TPSA) is 64.9 Å². The van der Waals surface area contributed by atoms with Crippen molar-refractivity contribution in [2.24, 2.45) is 0 Å². The Morgan fingerprint density at radius 2 is 1.96 bits per heavy atom. The van der Waals surface area contributed by atoms with Gasteiger partial charge in [-0.15, -0.1) is 0 Å². The van der Waals surface area contributed by atoms with Crippen molar-refractivity contribution in [2.75, 3.05) is 10.6 Å². The van der Waals surface area contributed by atoms with Crippen molar-refractivity contribution >= 4 is 17.3 Å². The molecule has 0 aromatic heterocycles. The van der Waals surface area contributed by atoms with E-state index in [2.05, 4.69) is 10.6 Å². The van der Waals surface area contributed by atoms with Crippen LogP contribution in [0.1, 0.15) is 11.1 Å². The first-order valence-electron chi connectivity index (χ1n) is 7.01. The van der Waals surface area contributed by atoms with Crippen molar-refractivity contribution in [1.82, 2.24) is 0 Å². The molecule has 2 aromatic carbocycles. The van der Waals surface area contributed by atoms with Crippen LogP contribution in [0.5, 0.6) is 0 Å². The van der Waals surface area contributed by atoms with Gasteiger partial charge >= 0.3 is 0 Å². The highest BCUT2D eigenvalue weighted by Gasteiger charge is 2.11. The molecule has 0 heterocycles. The van der Waals surface area contributed by atoms with Crippen LogP contribution in [0.3, 0.4) is 0 Å². The lowest BCUT2D eigenvalue weighted by atomic mass is 10.1. The lowest BCUT2D eigenvalue weighted by Crippen LogP contribution is -2.15. The van der Waals surface area contributed by atoms with Gasteiger partial charge in [0.25, 0.3) is 5.91 Å². The molecule has 2 rings (SSSR count). The van der Waals surface area contributed by atoms with Crippen LogP contribution in [0.2, 0.25) is 0 Å².